The average molecular weight is 748 g/mol. The second kappa shape index (κ2) is 14.8. The van der Waals surface area contributed by atoms with Gasteiger partial charge in [-0.1, -0.05) is 30.7 Å². The summed E-state index contributed by atoms with van der Waals surface area (Å²) in [5, 5.41) is 9.17. The maximum Gasteiger partial charge on any atom is 0.416 e. The van der Waals surface area contributed by atoms with Crippen molar-refractivity contribution >= 4 is 52.4 Å². The van der Waals surface area contributed by atoms with Crippen LogP contribution in [0.15, 0.2) is 47.3 Å². The number of anilines is 3. The number of rotatable bonds is 10. The fraction of sp³-hybridized carbons (Fsp3) is 0.394. The van der Waals surface area contributed by atoms with Crippen LogP contribution in [0.1, 0.15) is 28.5 Å². The van der Waals surface area contributed by atoms with E-state index in [9.17, 15) is 36.7 Å². The molecule has 2 saturated heterocycles. The molecule has 0 aliphatic carbocycles. The molecular weight excluding hydrogens is 714 g/mol. The quantitative estimate of drug-likeness (QED) is 0.234. The molecule has 19 heteroatoms. The number of halogens is 5. The second-order valence-electron chi connectivity index (χ2n) is 12.2. The number of hydrogen-bond donors (Lipinski definition) is 2. The molecule has 2 aromatic heterocycles. The molecule has 0 unspecified atom stereocenters. The third kappa shape index (κ3) is 7.38. The van der Waals surface area contributed by atoms with Gasteiger partial charge in [-0.05, 0) is 36.8 Å². The lowest BCUT2D eigenvalue weighted by Gasteiger charge is -2.37. The van der Waals surface area contributed by atoms with Crippen LogP contribution in [0.2, 0.25) is 5.02 Å². The molecule has 276 valence electrons. The van der Waals surface area contributed by atoms with Crippen molar-refractivity contribution in [3.8, 4) is 0 Å². The number of nitrogens with one attached hydrogen (secondary N) is 2. The lowest BCUT2D eigenvalue weighted by atomic mass is 10.2. The van der Waals surface area contributed by atoms with Crippen molar-refractivity contribution in [3.63, 3.8) is 0 Å². The van der Waals surface area contributed by atoms with E-state index in [-0.39, 0.29) is 78.9 Å². The fourth-order valence-electron chi connectivity index (χ4n) is 6.12. The Hall–Kier alpha value is -5.23. The Bertz CT molecular complexity index is 2070. The van der Waals surface area contributed by atoms with Gasteiger partial charge in [0.05, 0.1) is 40.2 Å². The summed E-state index contributed by atoms with van der Waals surface area (Å²) in [6.07, 6.45) is -4.39. The molecule has 14 nitrogen and oxygen atoms in total. The van der Waals surface area contributed by atoms with Crippen LogP contribution in [0.25, 0.3) is 5.78 Å². The van der Waals surface area contributed by atoms with Gasteiger partial charge in [-0.25, -0.2) is 4.39 Å². The van der Waals surface area contributed by atoms with E-state index in [0.29, 0.717) is 18.8 Å². The lowest BCUT2D eigenvalue weighted by molar-refractivity contribution is -0.137. The van der Waals surface area contributed by atoms with Gasteiger partial charge in [0.25, 0.3) is 11.5 Å². The SMILES string of the molecule is CCc1c(N2CCN(C(=O)CNC(=O)c3ccccc3F)CC2)c(=O)n2nc(N3CC(OC)C3)nc2n1CC(=O)Nc1ccc(C(F)(F)F)cc1Cl. The van der Waals surface area contributed by atoms with E-state index in [1.54, 1.807) is 18.9 Å². The maximum atomic E-state index is 14.1. The highest BCUT2D eigenvalue weighted by atomic mass is 35.5. The third-order valence-corrected chi connectivity index (χ3v) is 9.27. The molecule has 6 rings (SSSR count). The van der Waals surface area contributed by atoms with Crippen LogP contribution in [0.3, 0.4) is 0 Å². The molecular formula is C33H34ClF4N9O5. The lowest BCUT2D eigenvalue weighted by Crippen LogP contribution is -2.53. The highest BCUT2D eigenvalue weighted by Gasteiger charge is 2.34. The normalized spacial score (nSPS) is 15.2. The van der Waals surface area contributed by atoms with E-state index in [0.717, 1.165) is 28.8 Å². The second-order valence-corrected chi connectivity index (χ2v) is 12.6. The molecule has 4 aromatic rings. The molecule has 3 amide bonds. The Kier molecular flexibility index (Phi) is 10.4. The van der Waals surface area contributed by atoms with E-state index >= 15 is 0 Å². The monoisotopic (exact) mass is 747 g/mol. The van der Waals surface area contributed by atoms with Gasteiger partial charge in [-0.15, -0.1) is 5.10 Å². The minimum atomic E-state index is -4.62. The Morgan fingerprint density at radius 2 is 1.75 bits per heavy atom. The molecule has 52 heavy (non-hydrogen) atoms. The minimum Gasteiger partial charge on any atom is -0.378 e. The maximum absolute atomic E-state index is 14.1. The molecule has 0 bridgehead atoms. The first-order chi connectivity index (χ1) is 24.8. The van der Waals surface area contributed by atoms with Gasteiger partial charge in [0.2, 0.25) is 23.5 Å². The number of ether oxygens (including phenoxy) is 1. The number of fused-ring (bicyclic) bond motifs is 1. The number of piperazine rings is 1. The number of carbonyl (C=O) groups is 3. The third-order valence-electron chi connectivity index (χ3n) is 8.95. The van der Waals surface area contributed by atoms with Crippen molar-refractivity contribution in [2.24, 2.45) is 0 Å². The summed E-state index contributed by atoms with van der Waals surface area (Å²) in [6, 6.07) is 8.01. The molecule has 0 radical (unpaired) electrons. The van der Waals surface area contributed by atoms with E-state index in [4.69, 9.17) is 16.3 Å². The highest BCUT2D eigenvalue weighted by Crippen LogP contribution is 2.34. The standard InChI is InChI=1S/C33H34ClF4N9O5/c1-3-25-28(44-12-10-43(11-13-44)27(49)15-39-29(50)21-6-4-5-7-23(21)35)30(51)47-32(41-31(42-47)45-16-20(17-45)52-2)46(25)18-26(48)40-24-9-8-19(14-22(24)34)33(36,37)38/h4-9,14,20H,3,10-13,15-18H2,1-2H3,(H,39,50)(H,40,48). The Labute approximate surface area is 298 Å². The topological polar surface area (TPSA) is 146 Å². The first kappa shape index (κ1) is 36.6. The van der Waals surface area contributed by atoms with Gasteiger partial charge in [-0.2, -0.15) is 22.7 Å². The fourth-order valence-corrected chi connectivity index (χ4v) is 6.34. The highest BCUT2D eigenvalue weighted by molar-refractivity contribution is 6.33. The van der Waals surface area contributed by atoms with Gasteiger partial charge in [0.15, 0.2) is 0 Å². The molecule has 0 saturated carbocycles. The zero-order valence-electron chi connectivity index (χ0n) is 28.0. The predicted octanol–water partition coefficient (Wildman–Crippen LogP) is 2.82. The summed E-state index contributed by atoms with van der Waals surface area (Å²) in [5.74, 6) is -2.14. The number of amides is 3. The first-order valence-electron chi connectivity index (χ1n) is 16.3. The van der Waals surface area contributed by atoms with Crippen molar-refractivity contribution in [2.75, 3.05) is 68.0 Å². The van der Waals surface area contributed by atoms with Crippen molar-refractivity contribution in [1.29, 1.82) is 0 Å². The minimum absolute atomic E-state index is 0.0331. The Morgan fingerprint density at radius 1 is 1.04 bits per heavy atom. The van der Waals surface area contributed by atoms with Gasteiger partial charge >= 0.3 is 6.18 Å². The van der Waals surface area contributed by atoms with Crippen LogP contribution < -0.4 is 26.0 Å². The number of nitrogens with zero attached hydrogens (tertiary/aromatic N) is 7. The molecule has 0 atom stereocenters. The van der Waals surface area contributed by atoms with Crippen molar-refractivity contribution < 1.29 is 36.7 Å². The number of alkyl halides is 3. The van der Waals surface area contributed by atoms with Gasteiger partial charge in [-0.3, -0.25) is 19.2 Å². The van der Waals surface area contributed by atoms with Gasteiger partial charge < -0.3 is 34.6 Å². The number of methoxy groups -OCH3 is 1. The number of carbonyl (C=O) groups excluding carboxylic acids is 3. The molecule has 0 spiro atoms. The van der Waals surface area contributed by atoms with Crippen molar-refractivity contribution in [3.05, 3.63) is 80.5 Å². The van der Waals surface area contributed by atoms with Crippen LogP contribution in [0.4, 0.5) is 34.9 Å². The predicted molar refractivity (Wildman–Crippen MR) is 182 cm³/mol. The number of aromatic nitrogens is 4. The zero-order chi connectivity index (χ0) is 37.3. The van der Waals surface area contributed by atoms with E-state index in [2.05, 4.69) is 20.7 Å². The summed E-state index contributed by atoms with van der Waals surface area (Å²) in [4.78, 5) is 62.7. The number of hydrogen-bond acceptors (Lipinski definition) is 9. The summed E-state index contributed by atoms with van der Waals surface area (Å²) < 4.78 is 61.5. The van der Waals surface area contributed by atoms with Gasteiger partial charge in [0, 0.05) is 46.4 Å². The van der Waals surface area contributed by atoms with Crippen molar-refractivity contribution in [1.82, 2.24) is 29.4 Å². The summed E-state index contributed by atoms with van der Waals surface area (Å²) >= 11 is 6.10. The van der Waals surface area contributed by atoms with Crippen LogP contribution in [0.5, 0.6) is 0 Å². The summed E-state index contributed by atoms with van der Waals surface area (Å²) in [5.41, 5.74) is -0.991. The smallest absolute Gasteiger partial charge is 0.378 e. The molecule has 2 aromatic carbocycles. The van der Waals surface area contributed by atoms with Crippen LogP contribution in [-0.4, -0.2) is 101 Å². The van der Waals surface area contributed by atoms with Crippen molar-refractivity contribution in [2.45, 2.75) is 32.2 Å². The summed E-state index contributed by atoms with van der Waals surface area (Å²) in [7, 11) is 1.58. The molecule has 2 aliphatic rings. The molecule has 2 aliphatic heterocycles. The van der Waals surface area contributed by atoms with E-state index in [1.165, 1.54) is 27.7 Å². The van der Waals surface area contributed by atoms with E-state index in [1.807, 2.05) is 4.90 Å². The molecule has 2 fully saturated rings. The number of benzene rings is 2. The average Bonchev–Trinajstić information content (AvgIpc) is 3.54. The van der Waals surface area contributed by atoms with Crippen LogP contribution in [0, 0.1) is 5.82 Å². The van der Waals surface area contributed by atoms with Crippen LogP contribution >= 0.6 is 11.6 Å². The first-order valence-corrected chi connectivity index (χ1v) is 16.7. The molecule has 2 N–H and O–H groups in total. The Morgan fingerprint density at radius 3 is 2.38 bits per heavy atom. The zero-order valence-corrected chi connectivity index (χ0v) is 28.8. The summed E-state index contributed by atoms with van der Waals surface area (Å²) in [6.45, 7) is 2.84. The molecule has 4 heterocycles. The Balaban J connectivity index is 1.24. The largest absolute Gasteiger partial charge is 0.416 e. The van der Waals surface area contributed by atoms with Gasteiger partial charge in [0.1, 0.15) is 18.0 Å². The van der Waals surface area contributed by atoms with Crippen LogP contribution in [-0.2, 0) is 33.5 Å². The van der Waals surface area contributed by atoms with E-state index < -0.39 is 47.4 Å².